The Morgan fingerprint density at radius 2 is 2.29 bits per heavy atom. The molecule has 0 aliphatic rings. The lowest BCUT2D eigenvalue weighted by Crippen LogP contribution is -2.30. The lowest BCUT2D eigenvalue weighted by molar-refractivity contribution is 0.602. The van der Waals surface area contributed by atoms with E-state index in [9.17, 15) is 0 Å². The van der Waals surface area contributed by atoms with Crippen LogP contribution in [0.15, 0.2) is 0 Å². The molecule has 0 bridgehead atoms. The number of hydrogen-bond donors (Lipinski definition) is 2. The van der Waals surface area contributed by atoms with Gasteiger partial charge in [0.15, 0.2) is 0 Å². The lowest BCUT2D eigenvalue weighted by atomic mass is 10.2. The van der Waals surface area contributed by atoms with Gasteiger partial charge in [0, 0.05) is 12.6 Å². The Morgan fingerprint density at radius 1 is 1.71 bits per heavy atom. The van der Waals surface area contributed by atoms with Crippen molar-refractivity contribution in [3.05, 3.63) is 0 Å². The number of hydrogen-bond acceptors (Lipinski definition) is 2. The molecular formula is C5H14N2. The molecule has 0 spiro atoms. The number of rotatable bonds is 3. The minimum atomic E-state index is 0.338. The molecule has 0 amide bonds. The number of nitrogens with two attached hydrogens (primary N) is 1. The van der Waals surface area contributed by atoms with Crippen molar-refractivity contribution in [3.63, 3.8) is 0 Å². The highest BCUT2D eigenvalue weighted by Gasteiger charge is 1.92. The van der Waals surface area contributed by atoms with Gasteiger partial charge in [-0.05, 0) is 13.5 Å². The highest BCUT2D eigenvalue weighted by atomic mass is 14.9. The Labute approximate surface area is 45.1 Å². The van der Waals surface area contributed by atoms with Crippen molar-refractivity contribution in [2.75, 3.05) is 13.6 Å². The van der Waals surface area contributed by atoms with E-state index >= 15 is 0 Å². The zero-order chi connectivity index (χ0) is 5.70. The normalized spacial score (nSPS) is 14.1. The third-order valence-corrected chi connectivity index (χ3v) is 0.991. The van der Waals surface area contributed by atoms with Crippen LogP contribution in [0.2, 0.25) is 0 Å². The van der Waals surface area contributed by atoms with Crippen LogP contribution in [0.25, 0.3) is 0 Å². The van der Waals surface area contributed by atoms with Crippen LogP contribution in [0.1, 0.15) is 13.3 Å². The zero-order valence-corrected chi connectivity index (χ0v) is 5.07. The van der Waals surface area contributed by atoms with Crippen LogP contribution < -0.4 is 11.1 Å². The molecule has 0 rings (SSSR count). The quantitative estimate of drug-likeness (QED) is 0.524. The van der Waals surface area contributed by atoms with Crippen molar-refractivity contribution in [2.24, 2.45) is 5.73 Å². The van der Waals surface area contributed by atoms with Gasteiger partial charge in [-0.15, -0.1) is 0 Å². The van der Waals surface area contributed by atoms with Gasteiger partial charge in [-0.3, -0.25) is 0 Å². The van der Waals surface area contributed by atoms with E-state index in [1.165, 1.54) is 0 Å². The highest BCUT2D eigenvalue weighted by Crippen LogP contribution is 1.79. The minimum absolute atomic E-state index is 0.338. The predicted molar refractivity (Wildman–Crippen MR) is 32.2 cm³/mol. The summed E-state index contributed by atoms with van der Waals surface area (Å²) in [5.74, 6) is 0. The summed E-state index contributed by atoms with van der Waals surface area (Å²) in [4.78, 5) is 0. The Bertz CT molecular complexity index is 37.1. The van der Waals surface area contributed by atoms with E-state index in [-0.39, 0.29) is 0 Å². The molecular weight excluding hydrogens is 88.1 g/mol. The van der Waals surface area contributed by atoms with Gasteiger partial charge < -0.3 is 11.1 Å². The van der Waals surface area contributed by atoms with E-state index in [1.807, 2.05) is 7.05 Å². The summed E-state index contributed by atoms with van der Waals surface area (Å²) in [7, 11) is 1.91. The first-order valence-electron chi connectivity index (χ1n) is 2.71. The van der Waals surface area contributed by atoms with Crippen LogP contribution in [0.4, 0.5) is 0 Å². The molecule has 0 aromatic heterocycles. The van der Waals surface area contributed by atoms with Gasteiger partial charge in [0.05, 0.1) is 0 Å². The average molecular weight is 102 g/mol. The Morgan fingerprint density at radius 3 is 2.43 bits per heavy atom. The molecule has 0 heterocycles. The maximum Gasteiger partial charge on any atom is 0.0162 e. The predicted octanol–water partition coefficient (Wildman–Crippen LogP) is -0.0569. The third-order valence-electron chi connectivity index (χ3n) is 0.991. The SMILES string of the molecule is CC[C@H](N)CNC. The van der Waals surface area contributed by atoms with Crippen molar-refractivity contribution in [2.45, 2.75) is 19.4 Å². The van der Waals surface area contributed by atoms with Gasteiger partial charge in [0.1, 0.15) is 0 Å². The van der Waals surface area contributed by atoms with Crippen LogP contribution >= 0.6 is 0 Å². The fraction of sp³-hybridized carbons (Fsp3) is 1.00. The molecule has 0 aromatic carbocycles. The first-order chi connectivity index (χ1) is 3.31. The van der Waals surface area contributed by atoms with Crippen LogP contribution in [0.3, 0.4) is 0 Å². The molecule has 2 heteroatoms. The molecule has 7 heavy (non-hydrogen) atoms. The zero-order valence-electron chi connectivity index (χ0n) is 5.07. The van der Waals surface area contributed by atoms with E-state index in [1.54, 1.807) is 0 Å². The van der Waals surface area contributed by atoms with E-state index in [2.05, 4.69) is 12.2 Å². The summed E-state index contributed by atoms with van der Waals surface area (Å²) in [5, 5.41) is 2.99. The Kier molecular flexibility index (Phi) is 4.04. The summed E-state index contributed by atoms with van der Waals surface area (Å²) in [5.41, 5.74) is 5.52. The van der Waals surface area contributed by atoms with Crippen molar-refractivity contribution >= 4 is 0 Å². The molecule has 0 aliphatic heterocycles. The van der Waals surface area contributed by atoms with Gasteiger partial charge >= 0.3 is 0 Å². The first kappa shape index (κ1) is 6.92. The second-order valence-electron chi connectivity index (χ2n) is 1.73. The number of likely N-dealkylation sites (N-methyl/N-ethyl adjacent to an activating group) is 1. The molecule has 0 aromatic rings. The second-order valence-corrected chi connectivity index (χ2v) is 1.73. The van der Waals surface area contributed by atoms with Gasteiger partial charge in [0.25, 0.3) is 0 Å². The molecule has 0 radical (unpaired) electrons. The first-order valence-corrected chi connectivity index (χ1v) is 2.71. The molecule has 0 unspecified atom stereocenters. The van der Waals surface area contributed by atoms with Crippen molar-refractivity contribution < 1.29 is 0 Å². The van der Waals surface area contributed by atoms with Crippen molar-refractivity contribution in [1.29, 1.82) is 0 Å². The minimum Gasteiger partial charge on any atom is -0.327 e. The Hall–Kier alpha value is -0.0800. The Balaban J connectivity index is 2.83. The number of nitrogens with one attached hydrogen (secondary N) is 1. The molecule has 0 fully saturated rings. The molecule has 2 nitrogen and oxygen atoms in total. The van der Waals surface area contributed by atoms with E-state index < -0.39 is 0 Å². The largest absolute Gasteiger partial charge is 0.327 e. The molecule has 1 atom stereocenters. The van der Waals surface area contributed by atoms with Gasteiger partial charge in [-0.2, -0.15) is 0 Å². The fourth-order valence-electron chi connectivity index (χ4n) is 0.407. The van der Waals surface area contributed by atoms with Crippen LogP contribution in [0, 0.1) is 0 Å². The standard InChI is InChI=1S/C5H14N2/c1-3-5(6)4-7-2/h5,7H,3-4,6H2,1-2H3/t5-/m0/s1. The van der Waals surface area contributed by atoms with Gasteiger partial charge in [-0.1, -0.05) is 6.92 Å². The van der Waals surface area contributed by atoms with Crippen molar-refractivity contribution in [1.82, 2.24) is 5.32 Å². The van der Waals surface area contributed by atoms with Crippen LogP contribution in [0.5, 0.6) is 0 Å². The maximum atomic E-state index is 5.52. The van der Waals surface area contributed by atoms with E-state index in [0.717, 1.165) is 13.0 Å². The monoisotopic (exact) mass is 102 g/mol. The maximum absolute atomic E-state index is 5.52. The van der Waals surface area contributed by atoms with Gasteiger partial charge in [0.2, 0.25) is 0 Å². The highest BCUT2D eigenvalue weighted by molar-refractivity contribution is 4.58. The lowest BCUT2D eigenvalue weighted by Gasteiger charge is -2.04. The summed E-state index contributed by atoms with van der Waals surface area (Å²) in [6.07, 6.45) is 1.06. The summed E-state index contributed by atoms with van der Waals surface area (Å²) >= 11 is 0. The molecule has 0 saturated carbocycles. The second kappa shape index (κ2) is 4.09. The molecule has 0 saturated heterocycles. The van der Waals surface area contributed by atoms with Crippen LogP contribution in [-0.2, 0) is 0 Å². The smallest absolute Gasteiger partial charge is 0.0162 e. The fourth-order valence-corrected chi connectivity index (χ4v) is 0.407. The van der Waals surface area contributed by atoms with E-state index in [0.29, 0.717) is 6.04 Å². The average Bonchev–Trinajstić information content (AvgIpc) is 1.68. The van der Waals surface area contributed by atoms with Crippen molar-refractivity contribution in [3.8, 4) is 0 Å². The molecule has 0 aliphatic carbocycles. The summed E-state index contributed by atoms with van der Waals surface area (Å²) in [6.45, 7) is 3.01. The van der Waals surface area contributed by atoms with E-state index in [4.69, 9.17) is 5.73 Å². The summed E-state index contributed by atoms with van der Waals surface area (Å²) < 4.78 is 0. The van der Waals surface area contributed by atoms with Crippen LogP contribution in [-0.4, -0.2) is 19.6 Å². The third kappa shape index (κ3) is 3.76. The molecule has 44 valence electrons. The topological polar surface area (TPSA) is 38.0 Å². The summed E-state index contributed by atoms with van der Waals surface area (Å²) in [6, 6.07) is 0.338. The van der Waals surface area contributed by atoms with Gasteiger partial charge in [-0.25, -0.2) is 0 Å². The molecule has 3 N–H and O–H groups in total.